The van der Waals surface area contributed by atoms with Gasteiger partial charge >= 0.3 is 0 Å². The summed E-state index contributed by atoms with van der Waals surface area (Å²) >= 11 is 0. The summed E-state index contributed by atoms with van der Waals surface area (Å²) in [6.07, 6.45) is -3.64. The number of hydrogen-bond donors (Lipinski definition) is 5. The SMILES string of the molecule is COc1ccc(C=CCO)cc1OC1OC(CO)C(O)C(O)C1O. The molecule has 1 heterocycles. The summed E-state index contributed by atoms with van der Waals surface area (Å²) in [5.74, 6) is 0.607. The Morgan fingerprint density at radius 3 is 2.46 bits per heavy atom. The Hall–Kier alpha value is -1.68. The standard InChI is InChI=1S/C16H22O8/c1-22-10-5-4-9(3-2-6-17)7-11(10)23-16-15(21)14(20)13(19)12(8-18)24-16/h2-5,7,12-21H,6,8H2,1H3. The third kappa shape index (κ3) is 4.04. The number of rotatable bonds is 6. The molecule has 1 aromatic rings. The topological polar surface area (TPSA) is 129 Å². The highest BCUT2D eigenvalue weighted by Gasteiger charge is 2.44. The molecule has 8 heteroatoms. The number of benzene rings is 1. The van der Waals surface area contributed by atoms with Gasteiger partial charge in [0.1, 0.15) is 24.4 Å². The fourth-order valence-electron chi connectivity index (χ4n) is 2.37. The van der Waals surface area contributed by atoms with Crippen LogP contribution >= 0.6 is 0 Å². The predicted octanol–water partition coefficient (Wildman–Crippen LogP) is -1.12. The van der Waals surface area contributed by atoms with Gasteiger partial charge in [-0.25, -0.2) is 0 Å². The Labute approximate surface area is 139 Å². The summed E-state index contributed by atoms with van der Waals surface area (Å²) < 4.78 is 16.1. The van der Waals surface area contributed by atoms with Crippen LogP contribution in [0.5, 0.6) is 11.5 Å². The van der Waals surface area contributed by atoms with Crippen molar-refractivity contribution in [2.24, 2.45) is 0 Å². The summed E-state index contributed by atoms with van der Waals surface area (Å²) in [6, 6.07) is 4.98. The molecule has 1 fully saturated rings. The van der Waals surface area contributed by atoms with Gasteiger partial charge in [-0.15, -0.1) is 0 Å². The molecule has 8 nitrogen and oxygen atoms in total. The molecule has 2 rings (SSSR count). The summed E-state index contributed by atoms with van der Waals surface area (Å²) in [7, 11) is 1.44. The van der Waals surface area contributed by atoms with Crippen molar-refractivity contribution >= 4 is 6.08 Å². The van der Waals surface area contributed by atoms with Crippen LogP contribution in [0.2, 0.25) is 0 Å². The zero-order valence-electron chi connectivity index (χ0n) is 13.1. The maximum atomic E-state index is 10.0. The van der Waals surface area contributed by atoms with Crippen molar-refractivity contribution in [2.45, 2.75) is 30.7 Å². The molecular formula is C16H22O8. The van der Waals surface area contributed by atoms with Gasteiger partial charge in [-0.3, -0.25) is 0 Å². The predicted molar refractivity (Wildman–Crippen MR) is 83.5 cm³/mol. The molecule has 5 N–H and O–H groups in total. The zero-order valence-corrected chi connectivity index (χ0v) is 13.1. The van der Waals surface area contributed by atoms with Gasteiger partial charge in [-0.1, -0.05) is 18.2 Å². The van der Waals surface area contributed by atoms with Crippen LogP contribution in [0.25, 0.3) is 6.08 Å². The Morgan fingerprint density at radius 1 is 1.08 bits per heavy atom. The summed E-state index contributed by atoms with van der Waals surface area (Å²) in [5, 5.41) is 47.6. The number of aliphatic hydroxyl groups is 5. The van der Waals surface area contributed by atoms with Gasteiger partial charge in [-0.05, 0) is 17.7 Å². The van der Waals surface area contributed by atoms with Crippen LogP contribution in [0, 0.1) is 0 Å². The van der Waals surface area contributed by atoms with E-state index >= 15 is 0 Å². The van der Waals surface area contributed by atoms with Crippen LogP contribution in [-0.4, -0.2) is 76.6 Å². The fourth-order valence-corrected chi connectivity index (χ4v) is 2.37. The van der Waals surface area contributed by atoms with Gasteiger partial charge in [0.05, 0.1) is 20.3 Å². The van der Waals surface area contributed by atoms with Gasteiger partial charge in [0.25, 0.3) is 0 Å². The number of hydrogen-bond acceptors (Lipinski definition) is 8. The molecule has 24 heavy (non-hydrogen) atoms. The summed E-state index contributed by atoms with van der Waals surface area (Å²) in [4.78, 5) is 0. The lowest BCUT2D eigenvalue weighted by Crippen LogP contribution is -2.60. The fraction of sp³-hybridized carbons (Fsp3) is 0.500. The van der Waals surface area contributed by atoms with Gasteiger partial charge in [-0.2, -0.15) is 0 Å². The molecular weight excluding hydrogens is 320 g/mol. The minimum Gasteiger partial charge on any atom is -0.493 e. The second kappa shape index (κ2) is 8.43. The summed E-state index contributed by atoms with van der Waals surface area (Å²) in [5.41, 5.74) is 0.712. The van der Waals surface area contributed by atoms with Crippen LogP contribution in [0.3, 0.4) is 0 Å². The van der Waals surface area contributed by atoms with Crippen LogP contribution in [0.4, 0.5) is 0 Å². The van der Waals surface area contributed by atoms with Gasteiger partial charge in [0, 0.05) is 0 Å². The lowest BCUT2D eigenvalue weighted by atomic mass is 9.99. The molecule has 1 aliphatic rings. The first-order valence-corrected chi connectivity index (χ1v) is 7.44. The molecule has 0 amide bonds. The average molecular weight is 342 g/mol. The van der Waals surface area contributed by atoms with E-state index in [1.54, 1.807) is 30.4 Å². The lowest BCUT2D eigenvalue weighted by molar-refractivity contribution is -0.277. The van der Waals surface area contributed by atoms with Crippen molar-refractivity contribution in [2.75, 3.05) is 20.3 Å². The molecule has 0 aliphatic carbocycles. The molecule has 0 radical (unpaired) electrons. The Kier molecular flexibility index (Phi) is 6.55. The third-order valence-corrected chi connectivity index (χ3v) is 3.69. The van der Waals surface area contributed by atoms with E-state index in [0.717, 1.165) is 0 Å². The minimum absolute atomic E-state index is 0.116. The molecule has 1 aliphatic heterocycles. The molecule has 5 unspecified atom stereocenters. The van der Waals surface area contributed by atoms with Crippen molar-refractivity contribution in [3.05, 3.63) is 29.8 Å². The molecule has 1 saturated heterocycles. The summed E-state index contributed by atoms with van der Waals surface area (Å²) in [6.45, 7) is -0.657. The van der Waals surface area contributed by atoms with Crippen LogP contribution in [0.15, 0.2) is 24.3 Å². The van der Waals surface area contributed by atoms with Crippen molar-refractivity contribution in [3.63, 3.8) is 0 Å². The van der Waals surface area contributed by atoms with E-state index in [1.165, 1.54) is 7.11 Å². The molecule has 0 bridgehead atoms. The quantitative estimate of drug-likeness (QED) is 0.440. The largest absolute Gasteiger partial charge is 0.493 e. The first kappa shape index (κ1) is 18.7. The van der Waals surface area contributed by atoms with E-state index in [9.17, 15) is 20.4 Å². The van der Waals surface area contributed by atoms with E-state index in [2.05, 4.69) is 0 Å². The van der Waals surface area contributed by atoms with Gasteiger partial charge in [0.15, 0.2) is 11.5 Å². The molecule has 0 aromatic heterocycles. The second-order valence-electron chi connectivity index (χ2n) is 5.31. The van der Waals surface area contributed by atoms with E-state index in [4.69, 9.17) is 19.3 Å². The second-order valence-corrected chi connectivity index (χ2v) is 5.31. The normalized spacial score (nSPS) is 30.5. The van der Waals surface area contributed by atoms with Crippen molar-refractivity contribution < 1.29 is 39.7 Å². The van der Waals surface area contributed by atoms with Crippen molar-refractivity contribution in [3.8, 4) is 11.5 Å². The molecule has 0 spiro atoms. The highest BCUT2D eigenvalue weighted by Crippen LogP contribution is 2.32. The van der Waals surface area contributed by atoms with Crippen LogP contribution in [0.1, 0.15) is 5.56 Å². The van der Waals surface area contributed by atoms with Crippen LogP contribution < -0.4 is 9.47 Å². The minimum atomic E-state index is -1.52. The van der Waals surface area contributed by atoms with Gasteiger partial charge in [0.2, 0.25) is 6.29 Å². The average Bonchev–Trinajstić information content (AvgIpc) is 2.60. The lowest BCUT2D eigenvalue weighted by Gasteiger charge is -2.39. The van der Waals surface area contributed by atoms with E-state index in [-0.39, 0.29) is 12.4 Å². The highest BCUT2D eigenvalue weighted by atomic mass is 16.7. The van der Waals surface area contributed by atoms with Crippen molar-refractivity contribution in [1.29, 1.82) is 0 Å². The van der Waals surface area contributed by atoms with Crippen molar-refractivity contribution in [1.82, 2.24) is 0 Å². The van der Waals surface area contributed by atoms with E-state index in [0.29, 0.717) is 11.3 Å². The number of aliphatic hydroxyl groups excluding tert-OH is 5. The molecule has 0 saturated carbocycles. The van der Waals surface area contributed by atoms with Crippen LogP contribution in [-0.2, 0) is 4.74 Å². The maximum absolute atomic E-state index is 10.0. The zero-order chi connectivity index (χ0) is 17.7. The third-order valence-electron chi connectivity index (χ3n) is 3.69. The first-order chi connectivity index (χ1) is 11.5. The Bertz CT molecular complexity index is 559. The molecule has 5 atom stereocenters. The highest BCUT2D eigenvalue weighted by molar-refractivity contribution is 5.56. The Balaban J connectivity index is 2.23. The maximum Gasteiger partial charge on any atom is 0.229 e. The van der Waals surface area contributed by atoms with E-state index in [1.807, 2.05) is 0 Å². The monoisotopic (exact) mass is 342 g/mol. The first-order valence-electron chi connectivity index (χ1n) is 7.44. The van der Waals surface area contributed by atoms with E-state index < -0.39 is 37.3 Å². The smallest absolute Gasteiger partial charge is 0.229 e. The van der Waals surface area contributed by atoms with Gasteiger partial charge < -0.3 is 39.7 Å². The number of ether oxygens (including phenoxy) is 3. The Morgan fingerprint density at radius 2 is 1.83 bits per heavy atom. The molecule has 134 valence electrons. The number of methoxy groups -OCH3 is 1. The molecule has 1 aromatic carbocycles.